The van der Waals surface area contributed by atoms with Crippen LogP contribution in [0.2, 0.25) is 0 Å². The van der Waals surface area contributed by atoms with Crippen molar-refractivity contribution >= 4 is 41.0 Å². The lowest BCUT2D eigenvalue weighted by Crippen LogP contribution is -2.24. The van der Waals surface area contributed by atoms with E-state index in [9.17, 15) is 4.79 Å². The van der Waals surface area contributed by atoms with Crippen LogP contribution in [0.15, 0.2) is 23.0 Å². The molecule has 1 atom stereocenters. The first-order valence-electron chi connectivity index (χ1n) is 7.55. The van der Waals surface area contributed by atoms with Crippen molar-refractivity contribution in [2.75, 3.05) is 0 Å². The molecule has 5 heteroatoms. The first-order chi connectivity index (χ1) is 10.7. The largest absolute Gasteiger partial charge is 0.296 e. The van der Waals surface area contributed by atoms with Crippen LogP contribution in [0.4, 0.5) is 0 Å². The average Bonchev–Trinajstić information content (AvgIpc) is 2.75. The fraction of sp³-hybridized carbons (Fsp3) is 0.412. The summed E-state index contributed by atoms with van der Waals surface area (Å²) in [6, 6.07) is 5.70. The Balaban J connectivity index is 2.10. The molecule has 3 nitrogen and oxygen atoms in total. The molecule has 1 unspecified atom stereocenters. The van der Waals surface area contributed by atoms with Crippen LogP contribution in [0.5, 0.6) is 0 Å². The van der Waals surface area contributed by atoms with Crippen molar-refractivity contribution in [1.82, 2.24) is 9.55 Å². The second kappa shape index (κ2) is 7.05. The number of nitrogens with zero attached hydrogens (tertiary/aromatic N) is 2. The lowest BCUT2D eigenvalue weighted by Gasteiger charge is -2.10. The van der Waals surface area contributed by atoms with Gasteiger partial charge >= 0.3 is 0 Å². The Morgan fingerprint density at radius 1 is 1.45 bits per heavy atom. The summed E-state index contributed by atoms with van der Waals surface area (Å²) in [6.45, 7) is 3.02. The topological polar surface area (TPSA) is 34.9 Å². The Hall–Kier alpha value is -1.00. The Labute approximate surface area is 146 Å². The maximum Gasteiger partial charge on any atom is 0.261 e. The SMILES string of the molecule is CCC1CCc2nc3cc(C#CSI)ccc3c(=O)n2CC1. The number of hydrogen-bond acceptors (Lipinski definition) is 3. The quantitative estimate of drug-likeness (QED) is 0.510. The Morgan fingerprint density at radius 3 is 3.09 bits per heavy atom. The molecule has 1 aliphatic heterocycles. The summed E-state index contributed by atoms with van der Waals surface area (Å²) < 4.78 is 1.88. The van der Waals surface area contributed by atoms with Crippen LogP contribution < -0.4 is 5.56 Å². The first-order valence-corrected chi connectivity index (χ1v) is 10.9. The van der Waals surface area contributed by atoms with Crippen molar-refractivity contribution in [2.45, 2.75) is 39.2 Å². The van der Waals surface area contributed by atoms with E-state index >= 15 is 0 Å². The van der Waals surface area contributed by atoms with Crippen LogP contribution in [0.3, 0.4) is 0 Å². The lowest BCUT2D eigenvalue weighted by molar-refractivity contribution is 0.432. The van der Waals surface area contributed by atoms with Gasteiger partial charge in [-0.05, 0) is 51.1 Å². The summed E-state index contributed by atoms with van der Waals surface area (Å²) in [7, 11) is 1.46. The standard InChI is InChI=1S/C17H17IN2OS/c1-2-12-4-6-16-19-15-11-13(8-10-22-18)3-5-14(15)17(21)20(16)9-7-12/h3,5,11-12H,2,4,6-7,9H2,1H3. The van der Waals surface area contributed by atoms with E-state index in [1.165, 1.54) is 15.4 Å². The zero-order chi connectivity index (χ0) is 15.5. The van der Waals surface area contributed by atoms with Gasteiger partial charge in [-0.3, -0.25) is 9.36 Å². The molecule has 1 aromatic heterocycles. The second-order valence-electron chi connectivity index (χ2n) is 5.62. The molecule has 0 bridgehead atoms. The van der Waals surface area contributed by atoms with E-state index in [2.05, 4.69) is 39.3 Å². The van der Waals surface area contributed by atoms with E-state index in [1.54, 1.807) is 0 Å². The number of benzene rings is 1. The van der Waals surface area contributed by atoms with Gasteiger partial charge in [0, 0.05) is 39.7 Å². The Kier molecular flexibility index (Phi) is 5.09. The summed E-state index contributed by atoms with van der Waals surface area (Å²) in [4.78, 5) is 17.5. The number of rotatable bonds is 1. The minimum Gasteiger partial charge on any atom is -0.296 e. The minimum atomic E-state index is 0.0968. The van der Waals surface area contributed by atoms with Gasteiger partial charge in [0.15, 0.2) is 0 Å². The second-order valence-corrected chi connectivity index (χ2v) is 7.30. The summed E-state index contributed by atoms with van der Waals surface area (Å²) in [6.07, 6.45) is 4.27. The monoisotopic (exact) mass is 424 g/mol. The third kappa shape index (κ3) is 3.18. The van der Waals surface area contributed by atoms with Gasteiger partial charge in [0.1, 0.15) is 5.82 Å². The molecule has 0 aliphatic carbocycles. The van der Waals surface area contributed by atoms with Gasteiger partial charge in [-0.1, -0.05) is 19.3 Å². The third-order valence-corrected chi connectivity index (χ3v) is 5.22. The fourth-order valence-corrected chi connectivity index (χ4v) is 3.53. The van der Waals surface area contributed by atoms with Crippen molar-refractivity contribution in [1.29, 1.82) is 0 Å². The van der Waals surface area contributed by atoms with Gasteiger partial charge in [-0.25, -0.2) is 4.98 Å². The number of aryl methyl sites for hydroxylation is 1. The maximum atomic E-state index is 12.7. The highest BCUT2D eigenvalue weighted by molar-refractivity contribution is 14.2. The van der Waals surface area contributed by atoms with E-state index in [0.29, 0.717) is 11.3 Å². The average molecular weight is 424 g/mol. The van der Waals surface area contributed by atoms with Crippen LogP contribution in [0.25, 0.3) is 10.9 Å². The van der Waals surface area contributed by atoms with Crippen molar-refractivity contribution in [2.24, 2.45) is 5.92 Å². The van der Waals surface area contributed by atoms with Crippen LogP contribution >= 0.6 is 30.1 Å². The van der Waals surface area contributed by atoms with Gasteiger partial charge in [0.2, 0.25) is 0 Å². The van der Waals surface area contributed by atoms with Crippen molar-refractivity contribution < 1.29 is 0 Å². The summed E-state index contributed by atoms with van der Waals surface area (Å²) in [5.74, 6) is 4.70. The highest BCUT2D eigenvalue weighted by Crippen LogP contribution is 2.22. The van der Waals surface area contributed by atoms with Gasteiger partial charge < -0.3 is 0 Å². The number of aromatic nitrogens is 2. The molecule has 3 rings (SSSR count). The molecule has 0 radical (unpaired) electrons. The van der Waals surface area contributed by atoms with Crippen LogP contribution in [0.1, 0.15) is 37.6 Å². The molecule has 0 spiro atoms. The van der Waals surface area contributed by atoms with E-state index in [-0.39, 0.29) is 5.56 Å². The number of hydrogen-bond donors (Lipinski definition) is 0. The summed E-state index contributed by atoms with van der Waals surface area (Å²) >= 11 is 2.15. The van der Waals surface area contributed by atoms with Crippen molar-refractivity contribution in [3.05, 3.63) is 39.9 Å². The van der Waals surface area contributed by atoms with E-state index < -0.39 is 0 Å². The van der Waals surface area contributed by atoms with Crippen LogP contribution in [-0.4, -0.2) is 9.55 Å². The van der Waals surface area contributed by atoms with Gasteiger partial charge in [0.05, 0.1) is 10.9 Å². The number of halogens is 1. The van der Waals surface area contributed by atoms with Gasteiger partial charge in [0.25, 0.3) is 5.56 Å². The van der Waals surface area contributed by atoms with E-state index in [4.69, 9.17) is 4.98 Å². The first kappa shape index (κ1) is 15.9. The maximum absolute atomic E-state index is 12.7. The molecular weight excluding hydrogens is 407 g/mol. The summed E-state index contributed by atoms with van der Waals surface area (Å²) in [5.41, 5.74) is 1.78. The molecule has 0 N–H and O–H groups in total. The van der Waals surface area contributed by atoms with Crippen molar-refractivity contribution in [3.8, 4) is 11.2 Å². The van der Waals surface area contributed by atoms with Crippen LogP contribution in [0, 0.1) is 17.1 Å². The minimum absolute atomic E-state index is 0.0968. The molecular formula is C17H17IN2OS. The molecule has 0 amide bonds. The molecule has 0 saturated heterocycles. The molecule has 1 aliphatic rings. The third-order valence-electron chi connectivity index (χ3n) is 4.38. The number of fused-ring (bicyclic) bond motifs is 2. The lowest BCUT2D eigenvalue weighted by atomic mass is 9.98. The normalized spacial score (nSPS) is 17.5. The van der Waals surface area contributed by atoms with Gasteiger partial charge in [-0.2, -0.15) is 0 Å². The predicted octanol–water partition coefficient (Wildman–Crippen LogP) is 4.15. The molecule has 2 aromatic rings. The molecule has 2 heterocycles. The molecule has 0 fully saturated rings. The molecule has 114 valence electrons. The Bertz CT molecular complexity index is 819. The van der Waals surface area contributed by atoms with Gasteiger partial charge in [-0.15, -0.1) is 0 Å². The Morgan fingerprint density at radius 2 is 2.32 bits per heavy atom. The fourth-order valence-electron chi connectivity index (χ4n) is 3.04. The molecule has 0 saturated carbocycles. The zero-order valence-corrected chi connectivity index (χ0v) is 15.4. The molecule has 1 aromatic carbocycles. The van der Waals surface area contributed by atoms with E-state index in [1.807, 2.05) is 22.8 Å². The van der Waals surface area contributed by atoms with E-state index in [0.717, 1.165) is 42.7 Å². The summed E-state index contributed by atoms with van der Waals surface area (Å²) in [5, 5.41) is 3.67. The highest BCUT2D eigenvalue weighted by atomic mass is 127. The zero-order valence-electron chi connectivity index (χ0n) is 12.4. The van der Waals surface area contributed by atoms with Crippen LogP contribution in [-0.2, 0) is 13.0 Å². The molecule has 22 heavy (non-hydrogen) atoms. The highest BCUT2D eigenvalue weighted by Gasteiger charge is 2.18. The predicted molar refractivity (Wildman–Crippen MR) is 101 cm³/mol. The van der Waals surface area contributed by atoms with Crippen molar-refractivity contribution in [3.63, 3.8) is 0 Å². The smallest absolute Gasteiger partial charge is 0.261 e.